The normalized spacial score (nSPS) is 16.5. The van der Waals surface area contributed by atoms with Gasteiger partial charge in [-0.1, -0.05) is 30.3 Å². The topological polar surface area (TPSA) is 52.6 Å². The average Bonchev–Trinajstić information content (AvgIpc) is 2.79. The molecule has 0 bridgehead atoms. The Bertz CT molecular complexity index is 531. The third-order valence-corrected chi connectivity index (χ3v) is 2.96. The standard InChI is InChI=1S/C15H16O4/c1-3-18-14(16)12-9-13(15(17)19-4-2)11-8-6-5-7-10(11)12/h5-9,12H,3-4H2,1-2H3. The summed E-state index contributed by atoms with van der Waals surface area (Å²) >= 11 is 0. The van der Waals surface area contributed by atoms with Crippen molar-refractivity contribution < 1.29 is 19.1 Å². The van der Waals surface area contributed by atoms with Crippen molar-refractivity contribution in [2.24, 2.45) is 0 Å². The van der Waals surface area contributed by atoms with E-state index in [9.17, 15) is 9.59 Å². The van der Waals surface area contributed by atoms with Gasteiger partial charge in [0.1, 0.15) is 5.92 Å². The molecule has 0 radical (unpaired) electrons. The molecular weight excluding hydrogens is 244 g/mol. The zero-order valence-electron chi connectivity index (χ0n) is 11.0. The van der Waals surface area contributed by atoms with Crippen LogP contribution in [-0.4, -0.2) is 25.2 Å². The molecule has 0 N–H and O–H groups in total. The minimum Gasteiger partial charge on any atom is -0.465 e. The summed E-state index contributed by atoms with van der Waals surface area (Å²) in [5.41, 5.74) is 1.98. The van der Waals surface area contributed by atoms with Crippen LogP contribution in [0, 0.1) is 0 Å². The van der Waals surface area contributed by atoms with Gasteiger partial charge in [0, 0.05) is 0 Å². The van der Waals surface area contributed by atoms with Gasteiger partial charge in [0.15, 0.2) is 0 Å². The Morgan fingerprint density at radius 3 is 2.47 bits per heavy atom. The van der Waals surface area contributed by atoms with Crippen LogP contribution in [0.5, 0.6) is 0 Å². The van der Waals surface area contributed by atoms with E-state index in [2.05, 4.69) is 0 Å². The molecule has 4 heteroatoms. The molecule has 1 aliphatic rings. The van der Waals surface area contributed by atoms with Gasteiger partial charge in [-0.15, -0.1) is 0 Å². The van der Waals surface area contributed by atoms with E-state index < -0.39 is 11.9 Å². The number of esters is 2. The van der Waals surface area contributed by atoms with Gasteiger partial charge in [-0.25, -0.2) is 4.79 Å². The van der Waals surface area contributed by atoms with Crippen LogP contribution in [0.3, 0.4) is 0 Å². The zero-order chi connectivity index (χ0) is 13.8. The van der Waals surface area contributed by atoms with E-state index in [1.54, 1.807) is 19.9 Å². The molecule has 4 nitrogen and oxygen atoms in total. The van der Waals surface area contributed by atoms with Crippen molar-refractivity contribution in [2.45, 2.75) is 19.8 Å². The second-order valence-electron chi connectivity index (χ2n) is 4.12. The van der Waals surface area contributed by atoms with Gasteiger partial charge >= 0.3 is 11.9 Å². The summed E-state index contributed by atoms with van der Waals surface area (Å²) in [5, 5.41) is 0. The van der Waals surface area contributed by atoms with Crippen molar-refractivity contribution in [1.29, 1.82) is 0 Å². The maximum absolute atomic E-state index is 11.9. The third kappa shape index (κ3) is 2.52. The predicted molar refractivity (Wildman–Crippen MR) is 70.4 cm³/mol. The molecule has 0 spiro atoms. The van der Waals surface area contributed by atoms with Crippen LogP contribution < -0.4 is 0 Å². The maximum Gasteiger partial charge on any atom is 0.338 e. The minimum atomic E-state index is -0.518. The Balaban J connectivity index is 2.37. The quantitative estimate of drug-likeness (QED) is 0.779. The highest BCUT2D eigenvalue weighted by molar-refractivity contribution is 6.19. The highest BCUT2D eigenvalue weighted by Crippen LogP contribution is 2.37. The molecule has 1 aromatic carbocycles. The first-order valence-corrected chi connectivity index (χ1v) is 6.33. The first-order chi connectivity index (χ1) is 9.19. The van der Waals surface area contributed by atoms with E-state index in [1.807, 2.05) is 24.3 Å². The molecule has 0 heterocycles. The summed E-state index contributed by atoms with van der Waals surface area (Å²) in [6.45, 7) is 4.14. The van der Waals surface area contributed by atoms with Crippen LogP contribution in [-0.2, 0) is 19.1 Å². The van der Waals surface area contributed by atoms with Crippen LogP contribution >= 0.6 is 0 Å². The molecule has 1 atom stereocenters. The Morgan fingerprint density at radius 1 is 1.11 bits per heavy atom. The zero-order valence-corrected chi connectivity index (χ0v) is 11.0. The Labute approximate surface area is 112 Å². The summed E-state index contributed by atoms with van der Waals surface area (Å²) in [6.07, 6.45) is 1.63. The van der Waals surface area contributed by atoms with Crippen LogP contribution in [0.4, 0.5) is 0 Å². The van der Waals surface area contributed by atoms with Crippen LogP contribution in [0.15, 0.2) is 30.3 Å². The molecule has 0 saturated carbocycles. The summed E-state index contributed by atoms with van der Waals surface area (Å²) in [7, 11) is 0. The molecule has 0 aliphatic heterocycles. The molecule has 19 heavy (non-hydrogen) atoms. The molecule has 1 aliphatic carbocycles. The number of benzene rings is 1. The predicted octanol–water partition coefficient (Wildman–Crippen LogP) is 2.29. The second kappa shape index (κ2) is 5.69. The van der Waals surface area contributed by atoms with E-state index in [1.165, 1.54) is 0 Å². The molecule has 0 saturated heterocycles. The first kappa shape index (κ1) is 13.3. The van der Waals surface area contributed by atoms with Gasteiger partial charge in [-0.2, -0.15) is 0 Å². The SMILES string of the molecule is CCOC(=O)C1=CC(C(=O)OCC)c2ccccc21. The number of hydrogen-bond donors (Lipinski definition) is 0. The lowest BCUT2D eigenvalue weighted by atomic mass is 10.0. The van der Waals surface area contributed by atoms with E-state index in [-0.39, 0.29) is 5.97 Å². The minimum absolute atomic E-state index is 0.308. The van der Waals surface area contributed by atoms with Gasteiger partial charge in [-0.3, -0.25) is 4.79 Å². The van der Waals surface area contributed by atoms with Crippen molar-refractivity contribution in [3.8, 4) is 0 Å². The summed E-state index contributed by atoms with van der Waals surface area (Å²) < 4.78 is 10.0. The number of rotatable bonds is 4. The van der Waals surface area contributed by atoms with E-state index in [0.29, 0.717) is 18.8 Å². The summed E-state index contributed by atoms with van der Waals surface area (Å²) in [6, 6.07) is 7.32. The van der Waals surface area contributed by atoms with Crippen LogP contribution in [0.1, 0.15) is 30.9 Å². The molecule has 0 amide bonds. The average molecular weight is 260 g/mol. The van der Waals surface area contributed by atoms with Gasteiger partial charge in [0.25, 0.3) is 0 Å². The lowest BCUT2D eigenvalue weighted by Crippen LogP contribution is -2.12. The van der Waals surface area contributed by atoms with Crippen LogP contribution in [0.25, 0.3) is 5.57 Å². The molecule has 1 unspecified atom stereocenters. The number of fused-ring (bicyclic) bond motifs is 1. The monoisotopic (exact) mass is 260 g/mol. The van der Waals surface area contributed by atoms with E-state index in [4.69, 9.17) is 9.47 Å². The number of ether oxygens (including phenoxy) is 2. The molecule has 0 aromatic heterocycles. The van der Waals surface area contributed by atoms with Crippen molar-refractivity contribution in [3.63, 3.8) is 0 Å². The van der Waals surface area contributed by atoms with Gasteiger partial charge in [0.2, 0.25) is 0 Å². The van der Waals surface area contributed by atoms with Crippen molar-refractivity contribution in [2.75, 3.05) is 13.2 Å². The Hall–Kier alpha value is -2.10. The van der Waals surface area contributed by atoms with Gasteiger partial charge in [0.05, 0.1) is 18.8 Å². The molecule has 1 aromatic rings. The fraction of sp³-hybridized carbons (Fsp3) is 0.333. The van der Waals surface area contributed by atoms with Crippen molar-refractivity contribution in [3.05, 3.63) is 41.5 Å². The lowest BCUT2D eigenvalue weighted by Gasteiger charge is -2.09. The van der Waals surface area contributed by atoms with E-state index >= 15 is 0 Å². The third-order valence-electron chi connectivity index (χ3n) is 2.96. The smallest absolute Gasteiger partial charge is 0.338 e. The highest BCUT2D eigenvalue weighted by Gasteiger charge is 2.32. The molecular formula is C15H16O4. The Morgan fingerprint density at radius 2 is 1.79 bits per heavy atom. The molecule has 100 valence electrons. The Kier molecular flexibility index (Phi) is 4.00. The number of hydrogen-bond acceptors (Lipinski definition) is 4. The van der Waals surface area contributed by atoms with E-state index in [0.717, 1.165) is 11.1 Å². The number of carbonyl (C=O) groups is 2. The first-order valence-electron chi connectivity index (χ1n) is 6.33. The summed E-state index contributed by atoms with van der Waals surface area (Å²) in [4.78, 5) is 23.8. The maximum atomic E-state index is 11.9. The lowest BCUT2D eigenvalue weighted by molar-refractivity contribution is -0.143. The number of carbonyl (C=O) groups excluding carboxylic acids is 2. The second-order valence-corrected chi connectivity index (χ2v) is 4.12. The molecule has 2 rings (SSSR count). The fourth-order valence-corrected chi connectivity index (χ4v) is 2.17. The van der Waals surface area contributed by atoms with Crippen LogP contribution in [0.2, 0.25) is 0 Å². The summed E-state index contributed by atoms with van der Waals surface area (Å²) in [5.74, 6) is -1.26. The van der Waals surface area contributed by atoms with Crippen molar-refractivity contribution >= 4 is 17.5 Å². The van der Waals surface area contributed by atoms with Gasteiger partial charge < -0.3 is 9.47 Å². The fourth-order valence-electron chi connectivity index (χ4n) is 2.17. The molecule has 0 fully saturated rings. The van der Waals surface area contributed by atoms with Crippen molar-refractivity contribution in [1.82, 2.24) is 0 Å². The highest BCUT2D eigenvalue weighted by atomic mass is 16.5. The van der Waals surface area contributed by atoms with Gasteiger partial charge in [-0.05, 0) is 25.0 Å². The largest absolute Gasteiger partial charge is 0.465 e.